The van der Waals surface area contributed by atoms with Crippen LogP contribution in [0.25, 0.3) is 0 Å². The molecule has 0 spiro atoms. The molecule has 0 aliphatic carbocycles. The van der Waals surface area contributed by atoms with Crippen molar-refractivity contribution >= 4 is 37.0 Å². The zero-order chi connectivity index (χ0) is 14.8. The van der Waals surface area contributed by atoms with Gasteiger partial charge in [-0.3, -0.25) is 4.79 Å². The maximum atomic E-state index is 12.6. The number of amides is 1. The van der Waals surface area contributed by atoms with Crippen LogP contribution in [0, 0.1) is 0 Å². The summed E-state index contributed by atoms with van der Waals surface area (Å²) in [6.45, 7) is 2.83. The fourth-order valence-electron chi connectivity index (χ4n) is 2.59. The second kappa shape index (κ2) is 6.45. The molecular weight excluding hydrogens is 318 g/mol. The average molecular weight is 336 g/mol. The lowest BCUT2D eigenvalue weighted by Crippen LogP contribution is -2.39. The second-order valence-electron chi connectivity index (χ2n) is 5.00. The van der Waals surface area contributed by atoms with Crippen molar-refractivity contribution in [3.8, 4) is 0 Å². The van der Waals surface area contributed by atoms with Crippen molar-refractivity contribution in [3.63, 3.8) is 0 Å². The minimum Gasteiger partial charge on any atom is -0.336 e. The Bertz CT molecular complexity index is 582. The molecule has 1 aromatic rings. The third-order valence-electron chi connectivity index (χ3n) is 3.67. The molecule has 1 aliphatic rings. The molecule has 1 unspecified atom stereocenters. The fraction of sp³-hybridized carbons (Fsp3) is 0.615. The van der Waals surface area contributed by atoms with Gasteiger partial charge in [-0.05, 0) is 25.3 Å². The van der Waals surface area contributed by atoms with Crippen LogP contribution >= 0.6 is 22.0 Å². The van der Waals surface area contributed by atoms with Crippen LogP contribution in [0.1, 0.15) is 49.4 Å². The molecule has 20 heavy (non-hydrogen) atoms. The Kier molecular flexibility index (Phi) is 5.09. The van der Waals surface area contributed by atoms with E-state index < -0.39 is 9.05 Å². The van der Waals surface area contributed by atoms with E-state index in [0.717, 1.165) is 50.0 Å². The van der Waals surface area contributed by atoms with Gasteiger partial charge in [0, 0.05) is 28.6 Å². The van der Waals surface area contributed by atoms with E-state index in [2.05, 4.69) is 6.92 Å². The van der Waals surface area contributed by atoms with Crippen molar-refractivity contribution in [2.24, 2.45) is 0 Å². The zero-order valence-corrected chi connectivity index (χ0v) is 13.7. The van der Waals surface area contributed by atoms with Gasteiger partial charge in [0.2, 0.25) is 0 Å². The Hall–Kier alpha value is -0.590. The molecule has 112 valence electrons. The van der Waals surface area contributed by atoms with Crippen LogP contribution in [0.5, 0.6) is 0 Å². The van der Waals surface area contributed by atoms with Gasteiger partial charge in [-0.15, -0.1) is 11.3 Å². The van der Waals surface area contributed by atoms with E-state index in [0.29, 0.717) is 5.56 Å². The number of likely N-dealkylation sites (tertiary alicyclic amines) is 1. The van der Waals surface area contributed by atoms with Gasteiger partial charge in [0.05, 0.1) is 5.56 Å². The highest BCUT2D eigenvalue weighted by Crippen LogP contribution is 2.27. The maximum absolute atomic E-state index is 12.6. The van der Waals surface area contributed by atoms with Gasteiger partial charge < -0.3 is 4.90 Å². The van der Waals surface area contributed by atoms with Crippen molar-refractivity contribution in [2.45, 2.75) is 49.3 Å². The minimum atomic E-state index is -3.75. The first-order valence-corrected chi connectivity index (χ1v) is 9.96. The number of carbonyl (C=O) groups excluding carboxylic acids is 1. The highest BCUT2D eigenvalue weighted by atomic mass is 35.7. The maximum Gasteiger partial charge on any atom is 0.270 e. The van der Waals surface area contributed by atoms with E-state index in [-0.39, 0.29) is 16.2 Å². The van der Waals surface area contributed by atoms with Gasteiger partial charge in [0.15, 0.2) is 0 Å². The van der Waals surface area contributed by atoms with E-state index in [1.54, 1.807) is 5.38 Å². The number of rotatable bonds is 3. The molecule has 0 radical (unpaired) electrons. The molecule has 4 nitrogen and oxygen atoms in total. The van der Waals surface area contributed by atoms with Crippen molar-refractivity contribution < 1.29 is 13.2 Å². The number of carbonyl (C=O) groups is 1. The zero-order valence-electron chi connectivity index (χ0n) is 11.3. The first-order valence-electron chi connectivity index (χ1n) is 6.77. The Morgan fingerprint density at radius 2 is 2.20 bits per heavy atom. The van der Waals surface area contributed by atoms with Gasteiger partial charge in [0.25, 0.3) is 15.0 Å². The molecule has 0 bridgehead atoms. The Morgan fingerprint density at radius 3 is 2.80 bits per heavy atom. The van der Waals surface area contributed by atoms with Crippen molar-refractivity contribution in [1.29, 1.82) is 0 Å². The van der Waals surface area contributed by atoms with Gasteiger partial charge in [0.1, 0.15) is 4.21 Å². The van der Waals surface area contributed by atoms with Crippen molar-refractivity contribution in [2.75, 3.05) is 6.54 Å². The fourth-order valence-corrected chi connectivity index (χ4v) is 4.53. The average Bonchev–Trinajstić information content (AvgIpc) is 2.77. The van der Waals surface area contributed by atoms with Gasteiger partial charge in [-0.2, -0.15) is 0 Å². The lowest BCUT2D eigenvalue weighted by Gasteiger charge is -2.29. The minimum absolute atomic E-state index is 0.0328. The van der Waals surface area contributed by atoms with E-state index in [1.165, 1.54) is 6.07 Å². The molecule has 1 atom stereocenters. The smallest absolute Gasteiger partial charge is 0.270 e. The molecule has 0 aromatic carbocycles. The van der Waals surface area contributed by atoms with Crippen molar-refractivity contribution in [3.05, 3.63) is 17.0 Å². The van der Waals surface area contributed by atoms with Crippen LogP contribution in [0.3, 0.4) is 0 Å². The summed E-state index contributed by atoms with van der Waals surface area (Å²) >= 11 is 0.995. The summed E-state index contributed by atoms with van der Waals surface area (Å²) in [5.41, 5.74) is 0.426. The van der Waals surface area contributed by atoms with Crippen LogP contribution < -0.4 is 0 Å². The number of thiophene rings is 1. The van der Waals surface area contributed by atoms with Crippen LogP contribution in [-0.2, 0) is 9.05 Å². The largest absolute Gasteiger partial charge is 0.336 e. The Morgan fingerprint density at radius 1 is 1.45 bits per heavy atom. The van der Waals surface area contributed by atoms with E-state index >= 15 is 0 Å². The van der Waals surface area contributed by atoms with E-state index in [9.17, 15) is 13.2 Å². The van der Waals surface area contributed by atoms with Gasteiger partial charge in [-0.25, -0.2) is 8.42 Å². The van der Waals surface area contributed by atoms with Crippen LogP contribution in [0.15, 0.2) is 15.7 Å². The quantitative estimate of drug-likeness (QED) is 0.795. The molecule has 1 saturated heterocycles. The van der Waals surface area contributed by atoms with E-state index in [4.69, 9.17) is 10.7 Å². The molecule has 2 heterocycles. The number of halogens is 1. The number of hydrogen-bond acceptors (Lipinski definition) is 4. The summed E-state index contributed by atoms with van der Waals surface area (Å²) < 4.78 is 22.6. The first-order chi connectivity index (χ1) is 9.43. The molecule has 0 saturated carbocycles. The second-order valence-corrected chi connectivity index (χ2v) is 8.71. The third kappa shape index (κ3) is 3.54. The number of nitrogens with zero attached hydrogens (tertiary/aromatic N) is 1. The summed E-state index contributed by atoms with van der Waals surface area (Å²) in [4.78, 5) is 14.4. The van der Waals surface area contributed by atoms with Crippen LogP contribution in [-0.4, -0.2) is 31.8 Å². The lowest BCUT2D eigenvalue weighted by molar-refractivity contribution is 0.0678. The Labute approximate surface area is 128 Å². The summed E-state index contributed by atoms with van der Waals surface area (Å²) in [5, 5.41) is 1.58. The summed E-state index contributed by atoms with van der Waals surface area (Å²) in [7, 11) is 1.55. The summed E-state index contributed by atoms with van der Waals surface area (Å²) in [6, 6.07) is 1.63. The molecular formula is C13H18ClNO3S2. The molecule has 1 fully saturated rings. The normalized spacial score (nSPS) is 20.7. The Balaban J connectivity index is 2.23. The molecule has 1 aromatic heterocycles. The monoisotopic (exact) mass is 335 g/mol. The predicted molar refractivity (Wildman–Crippen MR) is 80.9 cm³/mol. The predicted octanol–water partition coefficient (Wildman–Crippen LogP) is 3.47. The molecule has 1 aliphatic heterocycles. The topological polar surface area (TPSA) is 54.5 Å². The van der Waals surface area contributed by atoms with Crippen LogP contribution in [0.2, 0.25) is 0 Å². The number of hydrogen-bond donors (Lipinski definition) is 0. The molecule has 7 heteroatoms. The highest BCUT2D eigenvalue weighted by molar-refractivity contribution is 8.15. The standard InChI is InChI=1S/C13H18ClNO3S2/c1-2-11-6-4-3-5-7-15(11)13(16)10-8-12(19-9-10)20(14,17)18/h8-9,11H,2-7H2,1H3. The van der Waals surface area contributed by atoms with Crippen molar-refractivity contribution in [1.82, 2.24) is 4.90 Å². The van der Waals surface area contributed by atoms with E-state index in [1.807, 2.05) is 4.90 Å². The van der Waals surface area contributed by atoms with Crippen LogP contribution in [0.4, 0.5) is 0 Å². The SMILES string of the molecule is CCC1CCCCCN1C(=O)c1csc(S(=O)(=O)Cl)c1. The third-order valence-corrected chi connectivity index (χ3v) is 6.71. The first kappa shape index (κ1) is 15.8. The highest BCUT2D eigenvalue weighted by Gasteiger charge is 2.26. The summed E-state index contributed by atoms with van der Waals surface area (Å²) in [6.07, 6.45) is 5.25. The summed E-state index contributed by atoms with van der Waals surface area (Å²) in [5.74, 6) is -0.0819. The van der Waals surface area contributed by atoms with Gasteiger partial charge >= 0.3 is 0 Å². The molecule has 1 amide bonds. The lowest BCUT2D eigenvalue weighted by atomic mass is 10.1. The molecule has 0 N–H and O–H groups in total. The van der Waals surface area contributed by atoms with Gasteiger partial charge in [-0.1, -0.05) is 19.8 Å². The molecule has 2 rings (SSSR count).